The van der Waals surface area contributed by atoms with Crippen LogP contribution in [0.4, 0.5) is 0 Å². The van der Waals surface area contributed by atoms with E-state index in [-0.39, 0.29) is 0 Å². The van der Waals surface area contributed by atoms with Gasteiger partial charge in [-0.15, -0.1) is 23.2 Å². The summed E-state index contributed by atoms with van der Waals surface area (Å²) in [6.07, 6.45) is 2.22. The Kier molecular flexibility index (Phi) is 12.0. The lowest BCUT2D eigenvalue weighted by Crippen LogP contribution is -2.30. The molecular weight excluding hydrogens is 221 g/mol. The van der Waals surface area contributed by atoms with Crippen molar-refractivity contribution in [3.8, 4) is 0 Å². The highest BCUT2D eigenvalue weighted by molar-refractivity contribution is 6.18. The maximum atomic E-state index is 5.71. The number of ether oxygens (including phenoxy) is 1. The number of hydrogen-bond acceptors (Lipinski definition) is 2. The minimum absolute atomic E-state index is 0.688. The molecule has 0 aliphatic carbocycles. The van der Waals surface area contributed by atoms with Crippen molar-refractivity contribution in [2.24, 2.45) is 0 Å². The third-order valence-electron chi connectivity index (χ3n) is 2.01. The van der Waals surface area contributed by atoms with Crippen molar-refractivity contribution >= 4 is 23.2 Å². The lowest BCUT2D eigenvalue weighted by molar-refractivity contribution is 0.115. The molecule has 0 aliphatic rings. The normalized spacial score (nSPS) is 11.1. The second-order valence-electron chi connectivity index (χ2n) is 3.12. The molecule has 86 valence electrons. The molecule has 0 unspecified atom stereocenters. The van der Waals surface area contributed by atoms with E-state index in [0.717, 1.165) is 51.6 Å². The van der Waals surface area contributed by atoms with Crippen molar-refractivity contribution in [3.05, 3.63) is 0 Å². The molecule has 14 heavy (non-hydrogen) atoms. The van der Waals surface area contributed by atoms with Crippen LogP contribution >= 0.6 is 23.2 Å². The van der Waals surface area contributed by atoms with Crippen LogP contribution in [0.2, 0.25) is 0 Å². The van der Waals surface area contributed by atoms with Gasteiger partial charge in [0.25, 0.3) is 0 Å². The van der Waals surface area contributed by atoms with Crippen molar-refractivity contribution in [2.75, 3.05) is 44.6 Å². The molecule has 0 atom stereocenters. The highest BCUT2D eigenvalue weighted by atomic mass is 35.5. The Balaban J connectivity index is 3.44. The molecule has 0 aromatic heterocycles. The Hall–Kier alpha value is 0.500. The zero-order chi connectivity index (χ0) is 10.6. The lowest BCUT2D eigenvalue weighted by Gasteiger charge is -2.20. The summed E-state index contributed by atoms with van der Waals surface area (Å²) >= 11 is 11.3. The summed E-state index contributed by atoms with van der Waals surface area (Å²) < 4.78 is 5.31. The van der Waals surface area contributed by atoms with Crippen LogP contribution in [0.3, 0.4) is 0 Å². The van der Waals surface area contributed by atoms with Gasteiger partial charge in [0, 0.05) is 31.5 Å². The van der Waals surface area contributed by atoms with E-state index in [1.165, 1.54) is 0 Å². The van der Waals surface area contributed by atoms with E-state index in [0.29, 0.717) is 5.88 Å². The van der Waals surface area contributed by atoms with Crippen LogP contribution in [-0.2, 0) is 4.74 Å². The van der Waals surface area contributed by atoms with Crippen molar-refractivity contribution in [3.63, 3.8) is 0 Å². The van der Waals surface area contributed by atoms with Gasteiger partial charge in [-0.3, -0.25) is 4.90 Å². The van der Waals surface area contributed by atoms with Crippen molar-refractivity contribution in [1.82, 2.24) is 4.90 Å². The molecule has 0 rings (SSSR count). The van der Waals surface area contributed by atoms with Gasteiger partial charge >= 0.3 is 0 Å². The summed E-state index contributed by atoms with van der Waals surface area (Å²) in [7, 11) is 0. The molecule has 0 aromatic carbocycles. The van der Waals surface area contributed by atoms with Gasteiger partial charge in [0.15, 0.2) is 0 Å². The average Bonchev–Trinajstić information content (AvgIpc) is 2.18. The van der Waals surface area contributed by atoms with E-state index in [2.05, 4.69) is 4.90 Å². The Labute approximate surface area is 97.5 Å². The Morgan fingerprint density at radius 3 is 2.36 bits per heavy atom. The Bertz CT molecular complexity index is 104. The molecule has 0 bridgehead atoms. The molecule has 0 aromatic rings. The molecule has 0 saturated heterocycles. The van der Waals surface area contributed by atoms with Gasteiger partial charge < -0.3 is 4.74 Å². The molecule has 0 N–H and O–H groups in total. The fourth-order valence-electron chi connectivity index (χ4n) is 1.22. The van der Waals surface area contributed by atoms with Crippen LogP contribution < -0.4 is 0 Å². The highest BCUT2D eigenvalue weighted by Gasteiger charge is 2.02. The van der Waals surface area contributed by atoms with Gasteiger partial charge in [0.05, 0.1) is 6.61 Å². The third-order valence-corrected chi connectivity index (χ3v) is 2.45. The smallest absolute Gasteiger partial charge is 0.0593 e. The van der Waals surface area contributed by atoms with E-state index in [1.54, 1.807) is 0 Å². The van der Waals surface area contributed by atoms with Gasteiger partial charge in [-0.2, -0.15) is 0 Å². The van der Waals surface area contributed by atoms with E-state index in [9.17, 15) is 0 Å². The van der Waals surface area contributed by atoms with Crippen molar-refractivity contribution < 1.29 is 4.74 Å². The fraction of sp³-hybridized carbons (Fsp3) is 1.00. The SMILES string of the molecule is CCOCCN(CCCl)CCCCCl. The molecule has 0 amide bonds. The fourth-order valence-corrected chi connectivity index (χ4v) is 1.65. The molecule has 0 radical (unpaired) electrons. The minimum Gasteiger partial charge on any atom is -0.380 e. The Morgan fingerprint density at radius 2 is 1.79 bits per heavy atom. The van der Waals surface area contributed by atoms with Crippen LogP contribution in [0.25, 0.3) is 0 Å². The van der Waals surface area contributed by atoms with Crippen LogP contribution in [0.5, 0.6) is 0 Å². The number of nitrogens with zero attached hydrogens (tertiary/aromatic N) is 1. The number of rotatable bonds is 10. The average molecular weight is 242 g/mol. The minimum atomic E-state index is 0.688. The van der Waals surface area contributed by atoms with E-state index < -0.39 is 0 Å². The monoisotopic (exact) mass is 241 g/mol. The molecular formula is C10H21Cl2NO. The van der Waals surface area contributed by atoms with Gasteiger partial charge in [-0.25, -0.2) is 0 Å². The van der Waals surface area contributed by atoms with Crippen molar-refractivity contribution in [2.45, 2.75) is 19.8 Å². The van der Waals surface area contributed by atoms with Crippen LogP contribution in [-0.4, -0.2) is 49.5 Å². The summed E-state index contributed by atoms with van der Waals surface area (Å²) in [5.41, 5.74) is 0. The predicted molar refractivity (Wildman–Crippen MR) is 63.6 cm³/mol. The number of halogens is 2. The lowest BCUT2D eigenvalue weighted by atomic mass is 10.3. The predicted octanol–water partition coefficient (Wildman–Crippen LogP) is 2.58. The zero-order valence-corrected chi connectivity index (χ0v) is 10.5. The van der Waals surface area contributed by atoms with Crippen LogP contribution in [0.1, 0.15) is 19.8 Å². The van der Waals surface area contributed by atoms with Gasteiger partial charge in [0.2, 0.25) is 0 Å². The van der Waals surface area contributed by atoms with Gasteiger partial charge in [-0.05, 0) is 26.3 Å². The second-order valence-corrected chi connectivity index (χ2v) is 3.88. The first kappa shape index (κ1) is 14.5. The van der Waals surface area contributed by atoms with Gasteiger partial charge in [-0.1, -0.05) is 0 Å². The molecule has 4 heteroatoms. The molecule has 0 aliphatic heterocycles. The summed E-state index contributed by atoms with van der Waals surface area (Å²) in [5, 5.41) is 0. The maximum Gasteiger partial charge on any atom is 0.0593 e. The largest absolute Gasteiger partial charge is 0.380 e. The summed E-state index contributed by atoms with van der Waals surface area (Å²) in [6, 6.07) is 0. The molecule has 0 heterocycles. The van der Waals surface area contributed by atoms with Crippen LogP contribution in [0.15, 0.2) is 0 Å². The number of alkyl halides is 2. The topological polar surface area (TPSA) is 12.5 Å². The standard InChI is InChI=1S/C10H21Cl2NO/c1-2-14-10-9-13(8-6-12)7-4-3-5-11/h2-10H2,1H3. The summed E-state index contributed by atoms with van der Waals surface area (Å²) in [6.45, 7) is 6.59. The number of unbranched alkanes of at least 4 members (excludes halogenated alkanes) is 1. The first-order valence-corrected chi connectivity index (χ1v) is 6.34. The quantitative estimate of drug-likeness (QED) is 0.431. The highest BCUT2D eigenvalue weighted by Crippen LogP contribution is 1.98. The van der Waals surface area contributed by atoms with E-state index in [4.69, 9.17) is 27.9 Å². The van der Waals surface area contributed by atoms with Gasteiger partial charge in [0.1, 0.15) is 0 Å². The summed E-state index contributed by atoms with van der Waals surface area (Å²) in [5.74, 6) is 1.44. The molecule has 0 saturated carbocycles. The summed E-state index contributed by atoms with van der Waals surface area (Å²) in [4.78, 5) is 2.33. The third kappa shape index (κ3) is 9.07. The van der Waals surface area contributed by atoms with Crippen molar-refractivity contribution in [1.29, 1.82) is 0 Å². The first-order chi connectivity index (χ1) is 6.85. The molecule has 0 spiro atoms. The second kappa shape index (κ2) is 11.6. The van der Waals surface area contributed by atoms with E-state index >= 15 is 0 Å². The van der Waals surface area contributed by atoms with E-state index in [1.807, 2.05) is 6.92 Å². The van der Waals surface area contributed by atoms with Crippen LogP contribution in [0, 0.1) is 0 Å². The maximum absolute atomic E-state index is 5.71. The first-order valence-electron chi connectivity index (χ1n) is 5.27. The number of hydrogen-bond donors (Lipinski definition) is 0. The Morgan fingerprint density at radius 1 is 1.00 bits per heavy atom. The zero-order valence-electron chi connectivity index (χ0n) is 8.98. The molecule has 2 nitrogen and oxygen atoms in total. The molecule has 0 fully saturated rings.